The standard InChI is InChI=1S/C24H20Cl2N2O4.CH4/c1-2-32-20-8-4-7-17(22(29)30)21(20)28-24(13-14-5-3-6-15(25)11-14)18-10-9-16(26)12-19(18)27-23(24)31;/h3-12,28H,2,13H2,1H3,(H,27,31)(H,29,30);1H4. The molecule has 1 aliphatic heterocycles. The van der Waals surface area contributed by atoms with E-state index in [1.165, 1.54) is 6.07 Å². The number of benzene rings is 3. The molecule has 0 aromatic heterocycles. The van der Waals surface area contributed by atoms with Crippen molar-refractivity contribution in [2.45, 2.75) is 26.3 Å². The van der Waals surface area contributed by atoms with Crippen LogP contribution in [0.1, 0.15) is 35.8 Å². The predicted octanol–water partition coefficient (Wildman–Crippen LogP) is 6.23. The van der Waals surface area contributed by atoms with Crippen LogP contribution in [0.2, 0.25) is 10.0 Å². The molecule has 0 radical (unpaired) electrons. The van der Waals surface area contributed by atoms with E-state index in [2.05, 4.69) is 10.6 Å². The van der Waals surface area contributed by atoms with Crippen LogP contribution in [0.15, 0.2) is 60.7 Å². The zero-order valence-electron chi connectivity index (χ0n) is 17.1. The van der Waals surface area contributed by atoms with Crippen LogP contribution in [0.5, 0.6) is 5.75 Å². The third kappa shape index (κ3) is 4.63. The maximum absolute atomic E-state index is 13.5. The number of amides is 1. The largest absolute Gasteiger partial charge is 0.492 e. The first-order chi connectivity index (χ1) is 15.3. The minimum Gasteiger partial charge on any atom is -0.492 e. The Labute approximate surface area is 202 Å². The topological polar surface area (TPSA) is 87.7 Å². The molecule has 3 aromatic carbocycles. The predicted molar refractivity (Wildman–Crippen MR) is 132 cm³/mol. The molecule has 0 saturated carbocycles. The number of nitrogens with one attached hydrogen (secondary N) is 2. The Balaban J connectivity index is 0.00000306. The molecule has 172 valence electrons. The third-order valence-corrected chi connectivity index (χ3v) is 5.80. The van der Waals surface area contributed by atoms with E-state index < -0.39 is 11.5 Å². The molecule has 3 N–H and O–H groups in total. The van der Waals surface area contributed by atoms with Crippen LogP contribution in [-0.4, -0.2) is 23.6 Å². The first-order valence-corrected chi connectivity index (χ1v) is 10.7. The number of fused-ring (bicyclic) bond motifs is 1. The molecule has 8 heteroatoms. The van der Waals surface area contributed by atoms with Crippen molar-refractivity contribution in [3.63, 3.8) is 0 Å². The quantitative estimate of drug-likeness (QED) is 0.368. The summed E-state index contributed by atoms with van der Waals surface area (Å²) in [6.45, 7) is 2.13. The van der Waals surface area contributed by atoms with Gasteiger partial charge >= 0.3 is 5.97 Å². The van der Waals surface area contributed by atoms with Crippen LogP contribution in [0.25, 0.3) is 0 Å². The fourth-order valence-electron chi connectivity index (χ4n) is 3.97. The van der Waals surface area contributed by atoms with Crippen molar-refractivity contribution >= 4 is 46.5 Å². The second kappa shape index (κ2) is 9.73. The van der Waals surface area contributed by atoms with E-state index in [0.717, 1.165) is 5.56 Å². The summed E-state index contributed by atoms with van der Waals surface area (Å²) in [5.74, 6) is -1.13. The van der Waals surface area contributed by atoms with E-state index in [9.17, 15) is 14.7 Å². The lowest BCUT2D eigenvalue weighted by Crippen LogP contribution is -2.44. The van der Waals surface area contributed by atoms with Gasteiger partial charge in [0.1, 0.15) is 11.3 Å². The van der Waals surface area contributed by atoms with Crippen LogP contribution in [0, 0.1) is 0 Å². The Kier molecular flexibility index (Phi) is 7.20. The lowest BCUT2D eigenvalue weighted by atomic mass is 9.84. The molecule has 0 bridgehead atoms. The van der Waals surface area contributed by atoms with Gasteiger partial charge in [-0.25, -0.2) is 4.79 Å². The molecule has 6 nitrogen and oxygen atoms in total. The summed E-state index contributed by atoms with van der Waals surface area (Å²) in [7, 11) is 0. The van der Waals surface area contributed by atoms with Crippen molar-refractivity contribution in [1.29, 1.82) is 0 Å². The molecular formula is C25H24Cl2N2O4. The molecule has 1 heterocycles. The van der Waals surface area contributed by atoms with E-state index >= 15 is 0 Å². The summed E-state index contributed by atoms with van der Waals surface area (Å²) in [4.78, 5) is 25.5. The fraction of sp³-hybridized carbons (Fsp3) is 0.200. The number of aromatic carboxylic acids is 1. The zero-order chi connectivity index (χ0) is 22.9. The number of anilines is 2. The maximum Gasteiger partial charge on any atom is 0.337 e. The van der Waals surface area contributed by atoms with Gasteiger partial charge in [0, 0.05) is 27.7 Å². The molecular weight excluding hydrogens is 463 g/mol. The molecule has 0 fully saturated rings. The molecule has 1 unspecified atom stereocenters. The van der Waals surface area contributed by atoms with Gasteiger partial charge in [-0.15, -0.1) is 0 Å². The first-order valence-electron chi connectivity index (χ1n) is 9.97. The van der Waals surface area contributed by atoms with Crippen molar-refractivity contribution in [2.24, 2.45) is 0 Å². The third-order valence-electron chi connectivity index (χ3n) is 5.33. The highest BCUT2D eigenvalue weighted by molar-refractivity contribution is 6.31. The molecule has 0 spiro atoms. The number of carbonyl (C=O) groups excluding carboxylic acids is 1. The van der Waals surface area contributed by atoms with Gasteiger partial charge in [-0.3, -0.25) is 4.79 Å². The van der Waals surface area contributed by atoms with Crippen molar-refractivity contribution in [1.82, 2.24) is 0 Å². The molecule has 1 aliphatic rings. The lowest BCUT2D eigenvalue weighted by Gasteiger charge is -2.32. The average Bonchev–Trinajstić information content (AvgIpc) is 2.99. The Hall–Kier alpha value is -3.22. The van der Waals surface area contributed by atoms with Crippen LogP contribution in [0.4, 0.5) is 11.4 Å². The van der Waals surface area contributed by atoms with Gasteiger partial charge in [0.05, 0.1) is 17.9 Å². The van der Waals surface area contributed by atoms with Crippen molar-refractivity contribution in [3.05, 3.63) is 87.4 Å². The number of carboxylic acids is 1. The summed E-state index contributed by atoms with van der Waals surface area (Å²) < 4.78 is 5.70. The minimum absolute atomic E-state index is 0. The number of hydrogen-bond donors (Lipinski definition) is 3. The molecule has 0 saturated heterocycles. The van der Waals surface area contributed by atoms with Gasteiger partial charge in [-0.05, 0) is 48.9 Å². The summed E-state index contributed by atoms with van der Waals surface area (Å²) >= 11 is 12.3. The smallest absolute Gasteiger partial charge is 0.337 e. The Morgan fingerprint density at radius 1 is 1.09 bits per heavy atom. The highest BCUT2D eigenvalue weighted by Crippen LogP contribution is 2.44. The van der Waals surface area contributed by atoms with Gasteiger partial charge in [0.2, 0.25) is 0 Å². The first kappa shape index (κ1) is 24.4. The van der Waals surface area contributed by atoms with E-state index in [0.29, 0.717) is 33.7 Å². The highest BCUT2D eigenvalue weighted by atomic mass is 35.5. The molecule has 4 rings (SSSR count). The van der Waals surface area contributed by atoms with Crippen molar-refractivity contribution < 1.29 is 19.4 Å². The lowest BCUT2D eigenvalue weighted by molar-refractivity contribution is -0.119. The van der Waals surface area contributed by atoms with E-state index in [1.807, 2.05) is 6.07 Å². The van der Waals surface area contributed by atoms with Crippen molar-refractivity contribution in [2.75, 3.05) is 17.2 Å². The number of carbonyl (C=O) groups is 2. The van der Waals surface area contributed by atoms with E-state index in [1.54, 1.807) is 55.5 Å². The number of carboxylic acid groups (broad SMARTS) is 1. The van der Waals surface area contributed by atoms with Crippen LogP contribution in [-0.2, 0) is 16.8 Å². The molecule has 0 aliphatic carbocycles. The second-order valence-corrected chi connectivity index (χ2v) is 8.27. The van der Waals surface area contributed by atoms with E-state index in [4.69, 9.17) is 27.9 Å². The maximum atomic E-state index is 13.5. The van der Waals surface area contributed by atoms with Gasteiger partial charge in [0.25, 0.3) is 5.91 Å². The summed E-state index contributed by atoms with van der Waals surface area (Å²) in [5.41, 5.74) is 0.909. The molecule has 33 heavy (non-hydrogen) atoms. The van der Waals surface area contributed by atoms with E-state index in [-0.39, 0.29) is 31.0 Å². The van der Waals surface area contributed by atoms with Crippen LogP contribution in [0.3, 0.4) is 0 Å². The molecule has 1 amide bonds. The van der Waals surface area contributed by atoms with Crippen molar-refractivity contribution in [3.8, 4) is 5.75 Å². The van der Waals surface area contributed by atoms with Gasteiger partial charge in [-0.1, -0.05) is 54.9 Å². The zero-order valence-corrected chi connectivity index (χ0v) is 18.6. The number of para-hydroxylation sites is 1. The number of hydrogen-bond acceptors (Lipinski definition) is 4. The monoisotopic (exact) mass is 486 g/mol. The number of rotatable bonds is 7. The average molecular weight is 487 g/mol. The second-order valence-electron chi connectivity index (χ2n) is 7.40. The Morgan fingerprint density at radius 2 is 1.82 bits per heavy atom. The normalized spacial score (nSPS) is 16.4. The Morgan fingerprint density at radius 3 is 2.52 bits per heavy atom. The summed E-state index contributed by atoms with van der Waals surface area (Å²) in [6.07, 6.45) is 0.216. The minimum atomic E-state index is -1.32. The Bertz CT molecular complexity index is 1210. The SMILES string of the molecule is C.CCOc1cccc(C(=O)O)c1NC1(Cc2cccc(Cl)c2)C(=O)Nc2cc(Cl)ccc21. The fourth-order valence-corrected chi connectivity index (χ4v) is 4.35. The molecule has 1 atom stereocenters. The highest BCUT2D eigenvalue weighted by Gasteiger charge is 2.48. The summed E-state index contributed by atoms with van der Waals surface area (Å²) in [6, 6.07) is 17.1. The molecule has 3 aromatic rings. The number of halogens is 2. The van der Waals surface area contributed by atoms with Crippen LogP contribution < -0.4 is 15.4 Å². The van der Waals surface area contributed by atoms with Gasteiger partial charge < -0.3 is 20.5 Å². The van der Waals surface area contributed by atoms with Gasteiger partial charge in [0.15, 0.2) is 0 Å². The van der Waals surface area contributed by atoms with Crippen LogP contribution >= 0.6 is 23.2 Å². The van der Waals surface area contributed by atoms with Gasteiger partial charge in [-0.2, -0.15) is 0 Å². The summed E-state index contributed by atoms with van der Waals surface area (Å²) in [5, 5.41) is 16.9. The number of ether oxygens (including phenoxy) is 1.